The van der Waals surface area contributed by atoms with Crippen LogP contribution in [0.2, 0.25) is 0 Å². The summed E-state index contributed by atoms with van der Waals surface area (Å²) in [6.45, 7) is 2.83. The van der Waals surface area contributed by atoms with Crippen LogP contribution < -0.4 is 0 Å². The largest absolute Gasteiger partial charge is 0.476 e. The number of amides is 1. The van der Waals surface area contributed by atoms with Gasteiger partial charge in [0.1, 0.15) is 0 Å². The number of hydrogen-bond acceptors (Lipinski definition) is 5. The van der Waals surface area contributed by atoms with Gasteiger partial charge in [0.2, 0.25) is 0 Å². The summed E-state index contributed by atoms with van der Waals surface area (Å²) in [4.78, 5) is 30.8. The molecule has 0 spiro atoms. The highest BCUT2D eigenvalue weighted by molar-refractivity contribution is 7.11. The molecule has 20 heavy (non-hydrogen) atoms. The Hall–Kier alpha value is -1.47. The van der Waals surface area contributed by atoms with Gasteiger partial charge in [-0.1, -0.05) is 0 Å². The van der Waals surface area contributed by atoms with Crippen LogP contribution in [0, 0.1) is 5.92 Å². The Kier molecular flexibility index (Phi) is 4.72. The van der Waals surface area contributed by atoms with E-state index in [1.54, 1.807) is 11.9 Å². The molecule has 0 radical (unpaired) electrons. The summed E-state index contributed by atoms with van der Waals surface area (Å²) in [6, 6.07) is 0. The molecule has 1 aliphatic rings. The van der Waals surface area contributed by atoms with Crippen LogP contribution in [0.1, 0.15) is 33.1 Å². The van der Waals surface area contributed by atoms with E-state index < -0.39 is 5.97 Å². The summed E-state index contributed by atoms with van der Waals surface area (Å²) in [5, 5.41) is 10.5. The maximum absolute atomic E-state index is 12.2. The van der Waals surface area contributed by atoms with Crippen molar-refractivity contribution in [3.8, 4) is 0 Å². The fourth-order valence-electron chi connectivity index (χ4n) is 2.35. The second kappa shape index (κ2) is 6.32. The molecule has 6 nitrogen and oxygen atoms in total. The Labute approximate surface area is 122 Å². The minimum atomic E-state index is -1.10. The average molecular weight is 297 g/mol. The molecule has 7 heteroatoms. The van der Waals surface area contributed by atoms with Crippen LogP contribution in [0.25, 0.3) is 0 Å². The van der Waals surface area contributed by atoms with E-state index >= 15 is 0 Å². The third-order valence-corrected chi connectivity index (χ3v) is 4.45. The van der Waals surface area contributed by atoms with Gasteiger partial charge < -0.3 is 14.9 Å². The first kappa shape index (κ1) is 14.9. The molecule has 0 bridgehead atoms. The Morgan fingerprint density at radius 1 is 1.50 bits per heavy atom. The molecule has 1 fully saturated rings. The lowest BCUT2D eigenvalue weighted by molar-refractivity contribution is 0.0691. The topological polar surface area (TPSA) is 73.7 Å². The molecule has 0 aliphatic carbocycles. The number of rotatable bonds is 4. The SMILES string of the molecule is CN1CCC(CN(C)C(=O)c2nc(C(=O)O)cs2)CC1. The van der Waals surface area contributed by atoms with Crippen molar-refractivity contribution in [1.82, 2.24) is 14.8 Å². The molecule has 110 valence electrons. The van der Waals surface area contributed by atoms with Crippen LogP contribution in [0.15, 0.2) is 5.38 Å². The Morgan fingerprint density at radius 3 is 2.70 bits per heavy atom. The Morgan fingerprint density at radius 2 is 2.15 bits per heavy atom. The van der Waals surface area contributed by atoms with Gasteiger partial charge in [-0.3, -0.25) is 4.79 Å². The zero-order chi connectivity index (χ0) is 14.7. The van der Waals surface area contributed by atoms with Crippen molar-refractivity contribution in [3.05, 3.63) is 16.1 Å². The van der Waals surface area contributed by atoms with Crippen LogP contribution in [-0.4, -0.2) is 65.5 Å². The summed E-state index contributed by atoms with van der Waals surface area (Å²) in [7, 11) is 3.86. The quantitative estimate of drug-likeness (QED) is 0.905. The van der Waals surface area contributed by atoms with Crippen molar-refractivity contribution >= 4 is 23.2 Å². The second-order valence-electron chi connectivity index (χ2n) is 5.28. The summed E-state index contributed by atoms with van der Waals surface area (Å²) in [5.74, 6) is -0.779. The van der Waals surface area contributed by atoms with Gasteiger partial charge in [-0.2, -0.15) is 0 Å². The van der Waals surface area contributed by atoms with Crippen LogP contribution in [0.3, 0.4) is 0 Å². The smallest absolute Gasteiger partial charge is 0.355 e. The van der Waals surface area contributed by atoms with Gasteiger partial charge in [-0.15, -0.1) is 11.3 Å². The number of hydrogen-bond donors (Lipinski definition) is 1. The van der Waals surface area contributed by atoms with Crippen LogP contribution in [0.4, 0.5) is 0 Å². The van der Waals surface area contributed by atoms with Crippen LogP contribution >= 0.6 is 11.3 Å². The fraction of sp³-hybridized carbons (Fsp3) is 0.615. The van der Waals surface area contributed by atoms with Crippen molar-refractivity contribution in [1.29, 1.82) is 0 Å². The van der Waals surface area contributed by atoms with E-state index in [0.717, 1.165) is 37.3 Å². The number of likely N-dealkylation sites (tertiary alicyclic amines) is 1. The lowest BCUT2D eigenvalue weighted by Crippen LogP contribution is -2.37. The van der Waals surface area contributed by atoms with Gasteiger partial charge >= 0.3 is 5.97 Å². The zero-order valence-electron chi connectivity index (χ0n) is 11.7. The van der Waals surface area contributed by atoms with E-state index in [2.05, 4.69) is 16.9 Å². The number of carbonyl (C=O) groups excluding carboxylic acids is 1. The van der Waals surface area contributed by atoms with Crippen molar-refractivity contribution in [2.45, 2.75) is 12.8 Å². The van der Waals surface area contributed by atoms with Gasteiger partial charge in [-0.05, 0) is 38.9 Å². The lowest BCUT2D eigenvalue weighted by atomic mass is 9.97. The zero-order valence-corrected chi connectivity index (χ0v) is 12.5. The summed E-state index contributed by atoms with van der Waals surface area (Å²) in [6.07, 6.45) is 2.18. The minimum absolute atomic E-state index is 0.0639. The van der Waals surface area contributed by atoms with Gasteiger partial charge in [-0.25, -0.2) is 9.78 Å². The standard InChI is InChI=1S/C13H19N3O3S/c1-15-5-3-9(4-6-15)7-16(2)12(17)11-14-10(8-20-11)13(18)19/h8-9H,3-7H2,1-2H3,(H,18,19). The third kappa shape index (κ3) is 3.55. The second-order valence-corrected chi connectivity index (χ2v) is 6.13. The molecular formula is C13H19N3O3S. The number of piperidine rings is 1. The molecule has 0 unspecified atom stereocenters. The molecule has 0 aromatic carbocycles. The highest BCUT2D eigenvalue weighted by atomic mass is 32.1. The van der Waals surface area contributed by atoms with E-state index in [0.29, 0.717) is 12.5 Å². The maximum Gasteiger partial charge on any atom is 0.355 e. The molecule has 1 amide bonds. The summed E-state index contributed by atoms with van der Waals surface area (Å²) < 4.78 is 0. The van der Waals surface area contributed by atoms with Crippen LogP contribution in [0.5, 0.6) is 0 Å². The molecule has 2 heterocycles. The predicted molar refractivity (Wildman–Crippen MR) is 76.3 cm³/mol. The Bertz CT molecular complexity index is 495. The first-order chi connectivity index (χ1) is 9.47. The number of aromatic carboxylic acids is 1. The van der Waals surface area contributed by atoms with E-state index in [9.17, 15) is 9.59 Å². The third-order valence-electron chi connectivity index (χ3n) is 3.62. The minimum Gasteiger partial charge on any atom is -0.476 e. The van der Waals surface area contributed by atoms with E-state index in [-0.39, 0.29) is 16.6 Å². The number of thiazole rings is 1. The highest BCUT2D eigenvalue weighted by Crippen LogP contribution is 2.18. The Balaban J connectivity index is 1.92. The van der Waals surface area contributed by atoms with E-state index in [1.807, 2.05) is 0 Å². The molecule has 2 rings (SSSR count). The van der Waals surface area contributed by atoms with Gasteiger partial charge in [0.15, 0.2) is 10.7 Å². The average Bonchev–Trinajstić information content (AvgIpc) is 2.90. The molecule has 1 aliphatic heterocycles. The predicted octanol–water partition coefficient (Wildman–Crippen LogP) is 1.26. The number of carboxylic acids is 1. The molecule has 1 aromatic rings. The molecule has 1 saturated heterocycles. The molecule has 0 atom stereocenters. The van der Waals surface area contributed by atoms with Crippen molar-refractivity contribution < 1.29 is 14.7 Å². The van der Waals surface area contributed by atoms with Crippen LogP contribution in [-0.2, 0) is 0 Å². The molecule has 1 aromatic heterocycles. The van der Waals surface area contributed by atoms with Gasteiger partial charge in [0.05, 0.1) is 0 Å². The molecule has 0 saturated carbocycles. The number of carboxylic acid groups (broad SMARTS) is 1. The van der Waals surface area contributed by atoms with Crippen molar-refractivity contribution in [3.63, 3.8) is 0 Å². The van der Waals surface area contributed by atoms with E-state index in [4.69, 9.17) is 5.11 Å². The van der Waals surface area contributed by atoms with Gasteiger partial charge in [0.25, 0.3) is 5.91 Å². The molecular weight excluding hydrogens is 278 g/mol. The van der Waals surface area contributed by atoms with Crippen molar-refractivity contribution in [2.24, 2.45) is 5.92 Å². The fourth-order valence-corrected chi connectivity index (χ4v) is 3.13. The highest BCUT2D eigenvalue weighted by Gasteiger charge is 2.23. The summed E-state index contributed by atoms with van der Waals surface area (Å²) in [5.41, 5.74) is -0.0639. The number of aromatic nitrogens is 1. The first-order valence-electron chi connectivity index (χ1n) is 6.60. The number of carbonyl (C=O) groups is 2. The maximum atomic E-state index is 12.2. The van der Waals surface area contributed by atoms with Gasteiger partial charge in [0, 0.05) is 19.0 Å². The molecule has 1 N–H and O–H groups in total. The van der Waals surface area contributed by atoms with E-state index in [1.165, 1.54) is 5.38 Å². The lowest BCUT2D eigenvalue weighted by Gasteiger charge is -2.31. The first-order valence-corrected chi connectivity index (χ1v) is 7.48. The number of nitrogens with zero attached hydrogens (tertiary/aromatic N) is 3. The van der Waals surface area contributed by atoms with Crippen molar-refractivity contribution in [2.75, 3.05) is 33.7 Å². The monoisotopic (exact) mass is 297 g/mol. The normalized spacial score (nSPS) is 17.1. The summed E-state index contributed by atoms with van der Waals surface area (Å²) >= 11 is 1.09.